The summed E-state index contributed by atoms with van der Waals surface area (Å²) in [6.45, 7) is 0. The van der Waals surface area contributed by atoms with E-state index in [4.69, 9.17) is 0 Å². The molecule has 49 heavy (non-hydrogen) atoms. The third kappa shape index (κ3) is 6.47. The minimum atomic E-state index is -4.56. The third-order valence-electron chi connectivity index (χ3n) is 7.44. The van der Waals surface area contributed by atoms with Crippen LogP contribution >= 0.6 is 11.8 Å². The Morgan fingerprint density at radius 3 is 0.837 bits per heavy atom. The molecule has 0 saturated heterocycles. The van der Waals surface area contributed by atoms with E-state index in [1.807, 2.05) is 0 Å². The fourth-order valence-corrected chi connectivity index (χ4v) is 14.0. The summed E-state index contributed by atoms with van der Waals surface area (Å²) in [5, 5.41) is 0. The van der Waals surface area contributed by atoms with Gasteiger partial charge in [0.15, 0.2) is 0 Å². The standard InChI is InChI=1S/C36H26O8S5/c37-46(38,27-15-5-1-6-16-27)33-25-13-23-31(35(33)48(41,42)29-19-9-3-10-20-29)45-32-24-14-26-34(47(39,40)28-17-7-2-8-18-28)36(32)49(43,44)30-21-11-4-12-22-30/h1-26H. The molecule has 248 valence electrons. The van der Waals surface area contributed by atoms with E-state index in [2.05, 4.69) is 0 Å². The maximum atomic E-state index is 14.4. The van der Waals surface area contributed by atoms with Crippen LogP contribution in [0, 0.1) is 0 Å². The summed E-state index contributed by atoms with van der Waals surface area (Å²) in [7, 11) is -18.0. The molecule has 0 fully saturated rings. The van der Waals surface area contributed by atoms with Crippen LogP contribution in [0.3, 0.4) is 0 Å². The number of benzene rings is 6. The van der Waals surface area contributed by atoms with Crippen molar-refractivity contribution in [2.24, 2.45) is 0 Å². The minimum Gasteiger partial charge on any atom is -0.218 e. The predicted octanol–water partition coefficient (Wildman–Crippen LogP) is 7.17. The molecule has 0 amide bonds. The van der Waals surface area contributed by atoms with Crippen molar-refractivity contribution < 1.29 is 33.7 Å². The number of sulfone groups is 4. The quantitative estimate of drug-likeness (QED) is 0.143. The topological polar surface area (TPSA) is 137 Å². The predicted molar refractivity (Wildman–Crippen MR) is 185 cm³/mol. The van der Waals surface area contributed by atoms with Gasteiger partial charge in [-0.2, -0.15) is 0 Å². The second-order valence-electron chi connectivity index (χ2n) is 10.5. The summed E-state index contributed by atoms with van der Waals surface area (Å²) >= 11 is 0.648. The van der Waals surface area contributed by atoms with Crippen LogP contribution in [0.2, 0.25) is 0 Å². The van der Waals surface area contributed by atoms with Crippen molar-refractivity contribution in [3.05, 3.63) is 158 Å². The first-order valence-corrected chi connectivity index (χ1v) is 21.3. The van der Waals surface area contributed by atoms with Crippen molar-refractivity contribution in [3.8, 4) is 0 Å². The Balaban J connectivity index is 1.66. The van der Waals surface area contributed by atoms with Gasteiger partial charge in [-0.05, 0) is 72.8 Å². The Morgan fingerprint density at radius 2 is 0.551 bits per heavy atom. The van der Waals surface area contributed by atoms with E-state index in [0.717, 1.165) is 0 Å². The van der Waals surface area contributed by atoms with Crippen LogP contribution in [-0.4, -0.2) is 33.7 Å². The summed E-state index contributed by atoms with van der Waals surface area (Å²) in [5.74, 6) is 0. The Labute approximate surface area is 289 Å². The van der Waals surface area contributed by atoms with Gasteiger partial charge in [0.25, 0.3) is 0 Å². The van der Waals surface area contributed by atoms with Crippen LogP contribution in [0.15, 0.2) is 207 Å². The van der Waals surface area contributed by atoms with Gasteiger partial charge in [-0.1, -0.05) is 96.7 Å². The van der Waals surface area contributed by atoms with Gasteiger partial charge in [0.2, 0.25) is 39.3 Å². The highest BCUT2D eigenvalue weighted by molar-refractivity contribution is 8.01. The van der Waals surface area contributed by atoms with E-state index in [-0.39, 0.29) is 29.4 Å². The lowest BCUT2D eigenvalue weighted by atomic mass is 10.3. The van der Waals surface area contributed by atoms with Crippen molar-refractivity contribution >= 4 is 51.1 Å². The molecule has 0 heterocycles. The fourth-order valence-electron chi connectivity index (χ4n) is 5.11. The van der Waals surface area contributed by atoms with Crippen LogP contribution in [-0.2, 0) is 39.3 Å². The van der Waals surface area contributed by atoms with Crippen LogP contribution in [0.5, 0.6) is 0 Å². The van der Waals surface area contributed by atoms with E-state index in [1.165, 1.54) is 133 Å². The normalized spacial score (nSPS) is 12.4. The van der Waals surface area contributed by atoms with E-state index in [9.17, 15) is 33.7 Å². The Morgan fingerprint density at radius 1 is 0.286 bits per heavy atom. The highest BCUT2D eigenvalue weighted by atomic mass is 32.2. The second-order valence-corrected chi connectivity index (χ2v) is 19.2. The average molecular weight is 747 g/mol. The summed E-state index contributed by atoms with van der Waals surface area (Å²) in [4.78, 5) is -3.12. The van der Waals surface area contributed by atoms with Crippen molar-refractivity contribution in [2.45, 2.75) is 49.0 Å². The summed E-state index contributed by atoms with van der Waals surface area (Å²) in [6.07, 6.45) is 0. The second kappa shape index (κ2) is 13.4. The van der Waals surface area contributed by atoms with Crippen molar-refractivity contribution in [1.29, 1.82) is 0 Å². The van der Waals surface area contributed by atoms with Crippen molar-refractivity contribution in [1.82, 2.24) is 0 Å². The number of rotatable bonds is 10. The third-order valence-corrected chi connectivity index (χ3v) is 16.4. The molecule has 0 aliphatic carbocycles. The van der Waals surface area contributed by atoms with Gasteiger partial charge in [0.05, 0.1) is 29.4 Å². The van der Waals surface area contributed by atoms with Gasteiger partial charge >= 0.3 is 0 Å². The average Bonchev–Trinajstić information content (AvgIpc) is 3.13. The molecule has 6 aromatic carbocycles. The largest absolute Gasteiger partial charge is 0.218 e. The molecule has 0 bridgehead atoms. The first-order chi connectivity index (χ1) is 23.4. The zero-order valence-corrected chi connectivity index (χ0v) is 29.4. The molecule has 13 heteroatoms. The lowest BCUT2D eigenvalue weighted by Gasteiger charge is -2.19. The monoisotopic (exact) mass is 746 g/mol. The Hall–Kier alpha value is -4.53. The number of hydrogen-bond donors (Lipinski definition) is 0. The van der Waals surface area contributed by atoms with Gasteiger partial charge in [0, 0.05) is 9.79 Å². The summed E-state index contributed by atoms with van der Waals surface area (Å²) < 4.78 is 114. The summed E-state index contributed by atoms with van der Waals surface area (Å²) in [6, 6.07) is 37.0. The van der Waals surface area contributed by atoms with Gasteiger partial charge in [0.1, 0.15) is 9.79 Å². The molecule has 0 unspecified atom stereocenters. The maximum absolute atomic E-state index is 14.4. The molecular weight excluding hydrogens is 721 g/mol. The number of hydrogen-bond acceptors (Lipinski definition) is 9. The molecule has 0 radical (unpaired) electrons. The van der Waals surface area contributed by atoms with E-state index >= 15 is 0 Å². The van der Waals surface area contributed by atoms with E-state index < -0.39 is 58.9 Å². The molecule has 0 aliphatic heterocycles. The SMILES string of the molecule is O=S(=O)(c1ccccc1)c1cccc(Sc2cccc(S(=O)(=O)c3ccccc3)c2S(=O)(=O)c2ccccc2)c1S(=O)(=O)c1ccccc1. The lowest BCUT2D eigenvalue weighted by Crippen LogP contribution is -2.13. The first-order valence-electron chi connectivity index (χ1n) is 14.5. The molecular formula is C36H26O8S5. The molecule has 8 nitrogen and oxygen atoms in total. The van der Waals surface area contributed by atoms with Gasteiger partial charge in [-0.25, -0.2) is 33.7 Å². The summed E-state index contributed by atoms with van der Waals surface area (Å²) in [5.41, 5.74) is 0. The molecule has 0 aliphatic rings. The molecule has 0 saturated carbocycles. The lowest BCUT2D eigenvalue weighted by molar-refractivity contribution is 0.579. The Kier molecular flexibility index (Phi) is 9.40. The maximum Gasteiger partial charge on any atom is 0.209 e. The van der Waals surface area contributed by atoms with E-state index in [1.54, 1.807) is 24.3 Å². The Bertz CT molecular complexity index is 2410. The molecule has 0 N–H and O–H groups in total. The highest BCUT2D eigenvalue weighted by Crippen LogP contribution is 2.45. The minimum absolute atomic E-state index is 0.125. The van der Waals surface area contributed by atoms with Gasteiger partial charge in [-0.15, -0.1) is 0 Å². The molecule has 0 spiro atoms. The zero-order valence-electron chi connectivity index (χ0n) is 25.3. The van der Waals surface area contributed by atoms with Gasteiger partial charge < -0.3 is 0 Å². The van der Waals surface area contributed by atoms with Crippen LogP contribution < -0.4 is 0 Å². The molecule has 0 aromatic heterocycles. The molecule has 0 atom stereocenters. The first kappa shape index (κ1) is 34.3. The van der Waals surface area contributed by atoms with Crippen LogP contribution in [0.1, 0.15) is 0 Å². The highest BCUT2D eigenvalue weighted by Gasteiger charge is 2.35. The molecule has 6 aromatic rings. The fraction of sp³-hybridized carbons (Fsp3) is 0. The van der Waals surface area contributed by atoms with Crippen LogP contribution in [0.25, 0.3) is 0 Å². The van der Waals surface area contributed by atoms with Gasteiger partial charge in [-0.3, -0.25) is 0 Å². The molecule has 6 rings (SSSR count). The van der Waals surface area contributed by atoms with E-state index in [0.29, 0.717) is 11.8 Å². The van der Waals surface area contributed by atoms with Crippen LogP contribution in [0.4, 0.5) is 0 Å². The van der Waals surface area contributed by atoms with Crippen molar-refractivity contribution in [2.75, 3.05) is 0 Å². The van der Waals surface area contributed by atoms with Crippen molar-refractivity contribution in [3.63, 3.8) is 0 Å². The zero-order chi connectivity index (χ0) is 34.9. The smallest absolute Gasteiger partial charge is 0.209 e.